The van der Waals surface area contributed by atoms with Crippen molar-refractivity contribution in [3.63, 3.8) is 0 Å². The fourth-order valence-corrected chi connectivity index (χ4v) is 2.17. The van der Waals surface area contributed by atoms with Gasteiger partial charge in [0.05, 0.1) is 0 Å². The molecule has 0 aliphatic heterocycles. The van der Waals surface area contributed by atoms with Crippen LogP contribution >= 0.6 is 12.2 Å². The second kappa shape index (κ2) is 5.96. The summed E-state index contributed by atoms with van der Waals surface area (Å²) in [4.78, 5) is 0.343. The summed E-state index contributed by atoms with van der Waals surface area (Å²) in [6.07, 6.45) is 3.09. The Labute approximate surface area is 112 Å². The van der Waals surface area contributed by atoms with Gasteiger partial charge in [-0.1, -0.05) is 44.5 Å². The van der Waals surface area contributed by atoms with E-state index in [0.29, 0.717) is 16.6 Å². The monoisotopic (exact) mass is 262 g/mol. The molecule has 0 radical (unpaired) electrons. The number of aryl methyl sites for hydroxylation is 1. The summed E-state index contributed by atoms with van der Waals surface area (Å²) in [7, 11) is 0. The predicted octanol–water partition coefficient (Wildman–Crippen LogP) is 4.03. The van der Waals surface area contributed by atoms with Gasteiger partial charge in [-0.2, -0.15) is 0 Å². The highest BCUT2D eigenvalue weighted by atomic mass is 32.1. The molecule has 0 saturated carbocycles. The molecule has 3 nitrogen and oxygen atoms in total. The molecule has 1 atom stereocenters. The molecule has 0 aliphatic carbocycles. The number of nitrogens with one attached hydrogen (secondary N) is 1. The molecule has 0 saturated heterocycles. The lowest BCUT2D eigenvalue weighted by molar-refractivity contribution is 0.466. The molecule has 0 spiro atoms. The molecule has 1 unspecified atom stereocenters. The minimum absolute atomic E-state index is 0.343. The molecule has 18 heavy (non-hydrogen) atoms. The molecule has 96 valence electrons. The Morgan fingerprint density at radius 3 is 2.61 bits per heavy atom. The molecule has 1 aromatic heterocycles. The Morgan fingerprint density at radius 1 is 1.33 bits per heavy atom. The normalized spacial score (nSPS) is 12.6. The number of aromatic nitrogens is 2. The van der Waals surface area contributed by atoms with Gasteiger partial charge in [-0.15, -0.1) is 5.10 Å². The fourth-order valence-electron chi connectivity index (χ4n) is 2.03. The third kappa shape index (κ3) is 3.29. The molecule has 1 heterocycles. The maximum absolute atomic E-state index is 5.29. The average molecular weight is 262 g/mol. The third-order valence-corrected chi connectivity index (χ3v) is 3.23. The van der Waals surface area contributed by atoms with E-state index in [4.69, 9.17) is 16.6 Å². The summed E-state index contributed by atoms with van der Waals surface area (Å²) in [5.41, 5.74) is 2.70. The van der Waals surface area contributed by atoms with Crippen LogP contribution in [0.5, 0.6) is 0 Å². The summed E-state index contributed by atoms with van der Waals surface area (Å²) in [6.45, 7) is 4.37. The molecule has 2 aromatic rings. The minimum atomic E-state index is 0.343. The summed E-state index contributed by atoms with van der Waals surface area (Å²) in [5, 5.41) is 6.68. The van der Waals surface area contributed by atoms with Crippen LogP contribution in [0.4, 0.5) is 0 Å². The van der Waals surface area contributed by atoms with Gasteiger partial charge in [0.2, 0.25) is 5.89 Å². The maximum Gasteiger partial charge on any atom is 0.284 e. The van der Waals surface area contributed by atoms with E-state index >= 15 is 0 Å². The van der Waals surface area contributed by atoms with Crippen molar-refractivity contribution in [3.05, 3.63) is 46.1 Å². The molecule has 1 aromatic carbocycles. The van der Waals surface area contributed by atoms with Crippen LogP contribution in [-0.2, 0) is 12.8 Å². The zero-order chi connectivity index (χ0) is 13.0. The van der Waals surface area contributed by atoms with Gasteiger partial charge >= 0.3 is 0 Å². The number of benzene rings is 1. The van der Waals surface area contributed by atoms with E-state index in [1.54, 1.807) is 0 Å². The van der Waals surface area contributed by atoms with Crippen LogP contribution in [0.1, 0.15) is 43.2 Å². The highest BCUT2D eigenvalue weighted by molar-refractivity contribution is 7.71. The van der Waals surface area contributed by atoms with E-state index in [0.717, 1.165) is 12.8 Å². The maximum atomic E-state index is 5.29. The Morgan fingerprint density at radius 2 is 2.06 bits per heavy atom. The molecular weight excluding hydrogens is 244 g/mol. The Kier molecular flexibility index (Phi) is 4.31. The first kappa shape index (κ1) is 13.0. The molecule has 1 N–H and O–H groups in total. The Hall–Kier alpha value is -1.42. The lowest BCUT2D eigenvalue weighted by Crippen LogP contribution is -1.99. The van der Waals surface area contributed by atoms with Gasteiger partial charge in [0, 0.05) is 6.42 Å². The molecule has 4 heteroatoms. The van der Waals surface area contributed by atoms with Crippen molar-refractivity contribution in [1.29, 1.82) is 0 Å². The SMILES string of the molecule is CCCc1ccc(C(C)Cc2n[nH]c(=S)o2)cc1. The number of nitrogens with zero attached hydrogens (tertiary/aromatic N) is 1. The number of rotatable bonds is 5. The highest BCUT2D eigenvalue weighted by Gasteiger charge is 2.10. The quantitative estimate of drug-likeness (QED) is 0.827. The lowest BCUT2D eigenvalue weighted by atomic mass is 9.96. The zero-order valence-corrected chi connectivity index (χ0v) is 11.6. The number of hydrogen-bond donors (Lipinski definition) is 1. The van der Waals surface area contributed by atoms with E-state index in [1.165, 1.54) is 17.5 Å². The van der Waals surface area contributed by atoms with Crippen LogP contribution in [0, 0.1) is 4.84 Å². The summed E-state index contributed by atoms with van der Waals surface area (Å²) < 4.78 is 5.29. The topological polar surface area (TPSA) is 41.8 Å². The summed E-state index contributed by atoms with van der Waals surface area (Å²) in [5.74, 6) is 1.05. The van der Waals surface area contributed by atoms with Crippen molar-refractivity contribution >= 4 is 12.2 Å². The molecule has 2 rings (SSSR count). The first-order valence-corrected chi connectivity index (χ1v) is 6.73. The van der Waals surface area contributed by atoms with Crippen molar-refractivity contribution in [1.82, 2.24) is 10.2 Å². The van der Waals surface area contributed by atoms with Gasteiger partial charge in [-0.3, -0.25) is 0 Å². The van der Waals surface area contributed by atoms with Crippen molar-refractivity contribution in [3.8, 4) is 0 Å². The number of aromatic amines is 1. The van der Waals surface area contributed by atoms with Gasteiger partial charge in [-0.25, -0.2) is 5.10 Å². The van der Waals surface area contributed by atoms with E-state index in [-0.39, 0.29) is 0 Å². The van der Waals surface area contributed by atoms with E-state index < -0.39 is 0 Å². The largest absolute Gasteiger partial charge is 0.414 e. The molecule has 0 amide bonds. The smallest absolute Gasteiger partial charge is 0.284 e. The van der Waals surface area contributed by atoms with Crippen LogP contribution < -0.4 is 0 Å². The molecule has 0 bridgehead atoms. The zero-order valence-electron chi connectivity index (χ0n) is 10.8. The third-order valence-electron chi connectivity index (χ3n) is 3.05. The second-order valence-corrected chi connectivity index (χ2v) is 4.97. The summed E-state index contributed by atoms with van der Waals surface area (Å²) in [6, 6.07) is 8.79. The van der Waals surface area contributed by atoms with Crippen molar-refractivity contribution < 1.29 is 4.42 Å². The van der Waals surface area contributed by atoms with E-state index in [9.17, 15) is 0 Å². The van der Waals surface area contributed by atoms with Crippen molar-refractivity contribution in [2.45, 2.75) is 39.0 Å². The van der Waals surface area contributed by atoms with E-state index in [1.807, 2.05) is 0 Å². The van der Waals surface area contributed by atoms with Gasteiger partial charge in [0.15, 0.2) is 0 Å². The Balaban J connectivity index is 2.04. The van der Waals surface area contributed by atoms with Crippen LogP contribution in [-0.4, -0.2) is 10.2 Å². The van der Waals surface area contributed by atoms with Crippen LogP contribution in [0.2, 0.25) is 0 Å². The fraction of sp³-hybridized carbons (Fsp3) is 0.429. The first-order chi connectivity index (χ1) is 8.69. The molecular formula is C14H18N2OS. The standard InChI is InChI=1S/C14H18N2OS/c1-3-4-11-5-7-12(8-6-11)10(2)9-13-15-16-14(18)17-13/h5-8,10H,3-4,9H2,1-2H3,(H,16,18). The number of hydrogen-bond acceptors (Lipinski definition) is 3. The Bertz CT molecular complexity index is 541. The van der Waals surface area contributed by atoms with Crippen LogP contribution in [0.15, 0.2) is 28.7 Å². The number of H-pyrrole nitrogens is 1. The minimum Gasteiger partial charge on any atom is -0.414 e. The van der Waals surface area contributed by atoms with Crippen molar-refractivity contribution in [2.75, 3.05) is 0 Å². The van der Waals surface area contributed by atoms with Crippen LogP contribution in [0.25, 0.3) is 0 Å². The molecule has 0 aliphatic rings. The van der Waals surface area contributed by atoms with Gasteiger partial charge in [0.1, 0.15) is 0 Å². The van der Waals surface area contributed by atoms with Gasteiger partial charge in [-0.05, 0) is 35.7 Å². The first-order valence-electron chi connectivity index (χ1n) is 6.32. The lowest BCUT2D eigenvalue weighted by Gasteiger charge is -2.10. The predicted molar refractivity (Wildman–Crippen MR) is 74.2 cm³/mol. The van der Waals surface area contributed by atoms with Gasteiger partial charge < -0.3 is 4.42 Å². The van der Waals surface area contributed by atoms with Gasteiger partial charge in [0.25, 0.3) is 4.84 Å². The van der Waals surface area contributed by atoms with E-state index in [2.05, 4.69) is 48.3 Å². The van der Waals surface area contributed by atoms with Crippen LogP contribution in [0.3, 0.4) is 0 Å². The highest BCUT2D eigenvalue weighted by Crippen LogP contribution is 2.20. The summed E-state index contributed by atoms with van der Waals surface area (Å²) >= 11 is 4.86. The van der Waals surface area contributed by atoms with Crippen molar-refractivity contribution in [2.24, 2.45) is 0 Å². The average Bonchev–Trinajstić information content (AvgIpc) is 2.76. The second-order valence-electron chi connectivity index (χ2n) is 4.60. The molecule has 0 fully saturated rings.